The van der Waals surface area contributed by atoms with Crippen LogP contribution < -0.4 is 5.32 Å². The van der Waals surface area contributed by atoms with Crippen molar-refractivity contribution in [3.05, 3.63) is 35.6 Å². The molecule has 110 valence electrons. The molecule has 20 heavy (non-hydrogen) atoms. The number of carbonyl (C=O) groups is 2. The van der Waals surface area contributed by atoms with Crippen LogP contribution in [0.25, 0.3) is 0 Å². The van der Waals surface area contributed by atoms with Crippen LogP contribution in [0.3, 0.4) is 0 Å². The van der Waals surface area contributed by atoms with Crippen molar-refractivity contribution in [3.63, 3.8) is 0 Å². The summed E-state index contributed by atoms with van der Waals surface area (Å²) in [7, 11) is 0. The van der Waals surface area contributed by atoms with E-state index in [4.69, 9.17) is 0 Å². The molecule has 1 unspecified atom stereocenters. The number of aliphatic hydroxyl groups is 1. The summed E-state index contributed by atoms with van der Waals surface area (Å²) in [4.78, 5) is 23.2. The van der Waals surface area contributed by atoms with Crippen LogP contribution in [0, 0.1) is 5.82 Å². The van der Waals surface area contributed by atoms with Gasteiger partial charge in [0, 0.05) is 24.9 Å². The predicted molar refractivity (Wildman–Crippen MR) is 73.9 cm³/mol. The first-order valence-electron chi connectivity index (χ1n) is 6.76. The van der Waals surface area contributed by atoms with Crippen LogP contribution in [-0.2, 0) is 4.79 Å². The average molecular weight is 281 g/mol. The smallest absolute Gasteiger partial charge is 0.220 e. The van der Waals surface area contributed by atoms with E-state index in [1.54, 1.807) is 0 Å². The Labute approximate surface area is 118 Å². The third kappa shape index (κ3) is 5.93. The van der Waals surface area contributed by atoms with E-state index in [-0.39, 0.29) is 24.5 Å². The molecule has 5 heteroatoms. The first-order chi connectivity index (χ1) is 9.52. The van der Waals surface area contributed by atoms with Gasteiger partial charge in [0.25, 0.3) is 0 Å². The number of aliphatic hydroxyl groups excluding tert-OH is 1. The number of hydrogen-bond donors (Lipinski definition) is 2. The minimum absolute atomic E-state index is 0.0911. The van der Waals surface area contributed by atoms with Crippen molar-refractivity contribution in [1.82, 2.24) is 5.32 Å². The molecule has 0 aromatic heterocycles. The van der Waals surface area contributed by atoms with Gasteiger partial charge < -0.3 is 10.4 Å². The zero-order chi connectivity index (χ0) is 15.0. The average Bonchev–Trinajstić information content (AvgIpc) is 2.45. The van der Waals surface area contributed by atoms with Crippen molar-refractivity contribution in [2.75, 3.05) is 6.54 Å². The molecule has 4 nitrogen and oxygen atoms in total. The van der Waals surface area contributed by atoms with Gasteiger partial charge in [0.2, 0.25) is 5.91 Å². The zero-order valence-electron chi connectivity index (χ0n) is 11.6. The SMILES string of the molecule is CCC(O)CCNC(=O)CCC(=O)c1ccc(F)cc1. The van der Waals surface area contributed by atoms with Crippen LogP contribution in [0.5, 0.6) is 0 Å². The lowest BCUT2D eigenvalue weighted by Gasteiger charge is -2.08. The Morgan fingerprint density at radius 2 is 1.90 bits per heavy atom. The summed E-state index contributed by atoms with van der Waals surface area (Å²) in [5.41, 5.74) is 0.403. The fraction of sp³-hybridized carbons (Fsp3) is 0.467. The summed E-state index contributed by atoms with van der Waals surface area (Å²) in [5, 5.41) is 12.0. The van der Waals surface area contributed by atoms with Gasteiger partial charge in [-0.1, -0.05) is 6.92 Å². The van der Waals surface area contributed by atoms with E-state index in [9.17, 15) is 19.1 Å². The van der Waals surface area contributed by atoms with Crippen LogP contribution in [-0.4, -0.2) is 29.4 Å². The van der Waals surface area contributed by atoms with Crippen LogP contribution in [0.1, 0.15) is 43.0 Å². The first-order valence-corrected chi connectivity index (χ1v) is 6.76. The fourth-order valence-corrected chi connectivity index (χ4v) is 1.68. The van der Waals surface area contributed by atoms with Crippen LogP contribution in [0.2, 0.25) is 0 Å². The van der Waals surface area contributed by atoms with Gasteiger partial charge in [-0.15, -0.1) is 0 Å². The van der Waals surface area contributed by atoms with E-state index < -0.39 is 11.9 Å². The summed E-state index contributed by atoms with van der Waals surface area (Å²) in [6.45, 7) is 2.27. The van der Waals surface area contributed by atoms with Gasteiger partial charge in [-0.05, 0) is 37.1 Å². The molecular formula is C15H20FNO3. The van der Waals surface area contributed by atoms with Crippen LogP contribution >= 0.6 is 0 Å². The predicted octanol–water partition coefficient (Wildman–Crippen LogP) is 2.07. The molecule has 1 aromatic rings. The van der Waals surface area contributed by atoms with Gasteiger partial charge in [0.1, 0.15) is 5.82 Å². The Kier molecular flexibility index (Phi) is 6.87. The molecule has 0 bridgehead atoms. The highest BCUT2D eigenvalue weighted by Gasteiger charge is 2.09. The van der Waals surface area contributed by atoms with Crippen molar-refractivity contribution in [1.29, 1.82) is 0 Å². The fourth-order valence-electron chi connectivity index (χ4n) is 1.68. The third-order valence-electron chi connectivity index (χ3n) is 3.02. The maximum atomic E-state index is 12.7. The van der Waals surface area contributed by atoms with Crippen molar-refractivity contribution in [2.24, 2.45) is 0 Å². The molecule has 0 fully saturated rings. The number of Topliss-reactive ketones (excluding diaryl/α,β-unsaturated/α-hetero) is 1. The molecule has 0 spiro atoms. The normalized spacial score (nSPS) is 11.9. The van der Waals surface area contributed by atoms with Crippen LogP contribution in [0.15, 0.2) is 24.3 Å². The Morgan fingerprint density at radius 1 is 1.25 bits per heavy atom. The number of rotatable bonds is 8. The summed E-state index contributed by atoms with van der Waals surface area (Å²) in [6.07, 6.45) is 0.940. The van der Waals surface area contributed by atoms with Gasteiger partial charge in [-0.3, -0.25) is 9.59 Å². The topological polar surface area (TPSA) is 66.4 Å². The van der Waals surface area contributed by atoms with Gasteiger partial charge in [-0.2, -0.15) is 0 Å². The monoisotopic (exact) mass is 281 g/mol. The summed E-state index contributed by atoms with van der Waals surface area (Å²) in [5.74, 6) is -0.800. The van der Waals surface area contributed by atoms with Gasteiger partial charge in [-0.25, -0.2) is 4.39 Å². The molecule has 0 radical (unpaired) electrons. The maximum Gasteiger partial charge on any atom is 0.220 e. The van der Waals surface area contributed by atoms with Crippen molar-refractivity contribution >= 4 is 11.7 Å². The van der Waals surface area contributed by atoms with Crippen molar-refractivity contribution < 1.29 is 19.1 Å². The second-order valence-corrected chi connectivity index (χ2v) is 4.63. The molecule has 0 saturated carbocycles. The molecule has 0 aliphatic carbocycles. The third-order valence-corrected chi connectivity index (χ3v) is 3.02. The minimum Gasteiger partial charge on any atom is -0.393 e. The number of benzene rings is 1. The largest absolute Gasteiger partial charge is 0.393 e. The number of hydrogen-bond acceptors (Lipinski definition) is 3. The molecule has 1 atom stereocenters. The molecule has 0 saturated heterocycles. The number of ketones is 1. The van der Waals surface area contributed by atoms with Crippen LogP contribution in [0.4, 0.5) is 4.39 Å². The second-order valence-electron chi connectivity index (χ2n) is 4.63. The van der Waals surface area contributed by atoms with E-state index in [0.717, 1.165) is 0 Å². The molecule has 0 aliphatic rings. The Bertz CT molecular complexity index is 445. The zero-order valence-corrected chi connectivity index (χ0v) is 11.6. The number of amides is 1. The van der Waals surface area contributed by atoms with E-state index in [1.165, 1.54) is 24.3 Å². The van der Waals surface area contributed by atoms with Crippen molar-refractivity contribution in [2.45, 2.75) is 38.7 Å². The summed E-state index contributed by atoms with van der Waals surface area (Å²) >= 11 is 0. The quantitative estimate of drug-likeness (QED) is 0.717. The lowest BCUT2D eigenvalue weighted by molar-refractivity contribution is -0.121. The molecular weight excluding hydrogens is 261 g/mol. The van der Waals surface area contributed by atoms with E-state index in [0.29, 0.717) is 24.9 Å². The Morgan fingerprint density at radius 3 is 2.50 bits per heavy atom. The highest BCUT2D eigenvalue weighted by Crippen LogP contribution is 2.07. The maximum absolute atomic E-state index is 12.7. The molecule has 1 aromatic carbocycles. The minimum atomic E-state index is -0.406. The number of nitrogens with one attached hydrogen (secondary N) is 1. The van der Waals surface area contributed by atoms with E-state index in [1.807, 2.05) is 6.92 Å². The molecule has 1 amide bonds. The number of carbonyl (C=O) groups excluding carboxylic acids is 2. The standard InChI is InChI=1S/C15H20FNO3/c1-2-13(18)9-10-17-15(20)8-7-14(19)11-3-5-12(16)6-4-11/h3-6,13,18H,2,7-10H2,1H3,(H,17,20). The van der Waals surface area contributed by atoms with Crippen molar-refractivity contribution in [3.8, 4) is 0 Å². The Hall–Kier alpha value is -1.75. The summed E-state index contributed by atoms with van der Waals surface area (Å²) in [6, 6.07) is 5.26. The van der Waals surface area contributed by atoms with E-state index >= 15 is 0 Å². The number of halogens is 1. The highest BCUT2D eigenvalue weighted by molar-refractivity contribution is 5.97. The van der Waals surface area contributed by atoms with Gasteiger partial charge in [0.15, 0.2) is 5.78 Å². The molecule has 1 rings (SSSR count). The van der Waals surface area contributed by atoms with E-state index in [2.05, 4.69) is 5.32 Å². The molecule has 0 aliphatic heterocycles. The highest BCUT2D eigenvalue weighted by atomic mass is 19.1. The van der Waals surface area contributed by atoms with Gasteiger partial charge in [0.05, 0.1) is 6.10 Å². The lowest BCUT2D eigenvalue weighted by atomic mass is 10.1. The summed E-state index contributed by atoms with van der Waals surface area (Å²) < 4.78 is 12.7. The second kappa shape index (κ2) is 8.43. The lowest BCUT2D eigenvalue weighted by Crippen LogP contribution is -2.27. The Balaban J connectivity index is 2.27. The molecule has 2 N–H and O–H groups in total. The van der Waals surface area contributed by atoms with Gasteiger partial charge >= 0.3 is 0 Å². The first kappa shape index (κ1) is 16.3. The molecule has 0 heterocycles.